The average molecular weight is 366 g/mol. The lowest BCUT2D eigenvalue weighted by molar-refractivity contribution is 0.600. The summed E-state index contributed by atoms with van der Waals surface area (Å²) < 4.78 is 29.1. The summed E-state index contributed by atoms with van der Waals surface area (Å²) in [7, 11) is -3.84. The minimum absolute atomic E-state index is 0.0912. The number of fused-ring (bicyclic) bond motifs is 1. The second kappa shape index (κ2) is 6.82. The Hall–Kier alpha value is -3.43. The Bertz CT molecular complexity index is 1150. The molecule has 0 fully saturated rings. The van der Waals surface area contributed by atoms with Crippen molar-refractivity contribution in [1.82, 2.24) is 14.6 Å². The van der Waals surface area contributed by atoms with Crippen molar-refractivity contribution in [2.24, 2.45) is 0 Å². The molecule has 0 atom stereocenters. The van der Waals surface area contributed by atoms with Crippen molar-refractivity contribution in [2.45, 2.75) is 24.7 Å². The van der Waals surface area contributed by atoms with Gasteiger partial charge in [0.2, 0.25) is 0 Å². The van der Waals surface area contributed by atoms with E-state index in [1.807, 2.05) is 6.07 Å². The molecule has 130 valence electrons. The standard InChI is InChI=1S/C17H14N6O2S/c1-12-9-16(23-17(21-12)14(10-19)11-20-23)22-26(24,25)15-6-4-13(5-7-15)3-2-8-18/h4-7,9,11,22H,2-3H2,1H3. The van der Waals surface area contributed by atoms with E-state index in [4.69, 9.17) is 10.5 Å². The number of hydrogen-bond acceptors (Lipinski definition) is 6. The quantitative estimate of drug-likeness (QED) is 0.738. The van der Waals surface area contributed by atoms with Crippen molar-refractivity contribution in [3.63, 3.8) is 0 Å². The molecule has 0 bridgehead atoms. The number of aromatic nitrogens is 3. The third-order valence-electron chi connectivity index (χ3n) is 3.72. The van der Waals surface area contributed by atoms with Gasteiger partial charge in [0, 0.05) is 18.2 Å². The highest BCUT2D eigenvalue weighted by atomic mass is 32.2. The van der Waals surface area contributed by atoms with Crippen molar-refractivity contribution >= 4 is 21.5 Å². The van der Waals surface area contributed by atoms with E-state index in [2.05, 4.69) is 20.9 Å². The summed E-state index contributed by atoms with van der Waals surface area (Å²) in [5, 5.41) is 21.7. The molecule has 1 aromatic carbocycles. The molecular formula is C17H14N6O2S. The first kappa shape index (κ1) is 17.4. The number of rotatable bonds is 5. The molecule has 26 heavy (non-hydrogen) atoms. The maximum absolute atomic E-state index is 12.7. The Morgan fingerprint density at radius 1 is 1.23 bits per heavy atom. The summed E-state index contributed by atoms with van der Waals surface area (Å²) in [6.45, 7) is 1.70. The molecule has 3 rings (SSSR count). The number of anilines is 1. The number of aryl methyl sites for hydroxylation is 2. The summed E-state index contributed by atoms with van der Waals surface area (Å²) in [5.74, 6) is 0.197. The summed E-state index contributed by atoms with van der Waals surface area (Å²) in [6, 6.07) is 11.9. The first-order valence-electron chi connectivity index (χ1n) is 7.69. The van der Waals surface area contributed by atoms with Crippen molar-refractivity contribution in [1.29, 1.82) is 10.5 Å². The van der Waals surface area contributed by atoms with Crippen LogP contribution in [0.5, 0.6) is 0 Å². The zero-order valence-electron chi connectivity index (χ0n) is 13.8. The van der Waals surface area contributed by atoms with Crippen LogP contribution in [0, 0.1) is 29.6 Å². The van der Waals surface area contributed by atoms with Crippen molar-refractivity contribution < 1.29 is 8.42 Å². The van der Waals surface area contributed by atoms with Gasteiger partial charge in [0.05, 0.1) is 17.2 Å². The average Bonchev–Trinajstić information content (AvgIpc) is 3.03. The van der Waals surface area contributed by atoms with Gasteiger partial charge in [0.1, 0.15) is 17.5 Å². The predicted molar refractivity (Wildman–Crippen MR) is 93.6 cm³/mol. The second-order valence-electron chi connectivity index (χ2n) is 5.60. The van der Waals surface area contributed by atoms with E-state index in [-0.39, 0.29) is 21.9 Å². The van der Waals surface area contributed by atoms with Crippen LogP contribution in [-0.2, 0) is 16.4 Å². The molecule has 2 aromatic heterocycles. The lowest BCUT2D eigenvalue weighted by atomic mass is 10.1. The summed E-state index contributed by atoms with van der Waals surface area (Å²) in [5.41, 5.74) is 1.99. The van der Waals surface area contributed by atoms with Gasteiger partial charge in [-0.15, -0.1) is 0 Å². The summed E-state index contributed by atoms with van der Waals surface area (Å²) >= 11 is 0. The van der Waals surface area contributed by atoms with Gasteiger partial charge >= 0.3 is 0 Å². The second-order valence-corrected chi connectivity index (χ2v) is 7.28. The van der Waals surface area contributed by atoms with Gasteiger partial charge in [-0.2, -0.15) is 20.1 Å². The molecule has 0 amide bonds. The van der Waals surface area contributed by atoms with Crippen LogP contribution in [0.25, 0.3) is 5.65 Å². The number of nitrogens with zero attached hydrogens (tertiary/aromatic N) is 5. The van der Waals surface area contributed by atoms with Gasteiger partial charge in [0.15, 0.2) is 5.65 Å². The van der Waals surface area contributed by atoms with Gasteiger partial charge in [-0.25, -0.2) is 13.4 Å². The highest BCUT2D eigenvalue weighted by molar-refractivity contribution is 7.92. The molecule has 0 unspecified atom stereocenters. The Morgan fingerprint density at radius 3 is 2.62 bits per heavy atom. The van der Waals surface area contributed by atoms with E-state index in [1.54, 1.807) is 25.1 Å². The van der Waals surface area contributed by atoms with Gasteiger partial charge in [-0.05, 0) is 31.0 Å². The monoisotopic (exact) mass is 366 g/mol. The van der Waals surface area contributed by atoms with Crippen molar-refractivity contribution in [2.75, 3.05) is 4.72 Å². The molecule has 0 saturated heterocycles. The van der Waals surface area contributed by atoms with E-state index in [0.29, 0.717) is 18.5 Å². The van der Waals surface area contributed by atoms with Crippen LogP contribution < -0.4 is 4.72 Å². The highest BCUT2D eigenvalue weighted by Gasteiger charge is 2.18. The normalized spacial score (nSPS) is 11.0. The molecule has 0 saturated carbocycles. The predicted octanol–water partition coefficient (Wildman–Crippen LogP) is 2.17. The van der Waals surface area contributed by atoms with Crippen LogP contribution in [-0.4, -0.2) is 23.0 Å². The Labute approximate surface area is 150 Å². The van der Waals surface area contributed by atoms with Crippen LogP contribution in [0.15, 0.2) is 41.4 Å². The third kappa shape index (κ3) is 3.34. The van der Waals surface area contributed by atoms with Gasteiger partial charge in [-0.1, -0.05) is 12.1 Å². The molecule has 8 nitrogen and oxygen atoms in total. The number of hydrogen-bond donors (Lipinski definition) is 1. The molecule has 0 aliphatic rings. The third-order valence-corrected chi connectivity index (χ3v) is 5.09. The van der Waals surface area contributed by atoms with Crippen LogP contribution in [0.1, 0.15) is 23.2 Å². The molecule has 0 radical (unpaired) electrons. The minimum Gasteiger partial charge on any atom is -0.263 e. The number of sulfonamides is 1. The topological polar surface area (TPSA) is 124 Å². The fourth-order valence-electron chi connectivity index (χ4n) is 2.47. The first-order chi connectivity index (χ1) is 12.4. The molecule has 0 aliphatic carbocycles. The molecule has 0 aliphatic heterocycles. The number of nitrogens with one attached hydrogen (secondary N) is 1. The van der Waals surface area contributed by atoms with Crippen molar-refractivity contribution in [3.05, 3.63) is 53.3 Å². The van der Waals surface area contributed by atoms with E-state index < -0.39 is 10.0 Å². The van der Waals surface area contributed by atoms with Gasteiger partial charge in [-0.3, -0.25) is 4.72 Å². The van der Waals surface area contributed by atoms with E-state index in [9.17, 15) is 8.42 Å². The molecule has 1 N–H and O–H groups in total. The lowest BCUT2D eigenvalue weighted by Crippen LogP contribution is -2.16. The zero-order valence-corrected chi connectivity index (χ0v) is 14.7. The highest BCUT2D eigenvalue weighted by Crippen LogP contribution is 2.20. The smallest absolute Gasteiger partial charge is 0.263 e. The van der Waals surface area contributed by atoms with Crippen LogP contribution in [0.3, 0.4) is 0 Å². The van der Waals surface area contributed by atoms with Gasteiger partial charge in [0.25, 0.3) is 10.0 Å². The van der Waals surface area contributed by atoms with E-state index in [1.165, 1.54) is 22.8 Å². The Kier molecular flexibility index (Phi) is 4.57. The van der Waals surface area contributed by atoms with E-state index in [0.717, 1.165) is 5.56 Å². The van der Waals surface area contributed by atoms with Crippen LogP contribution in [0.4, 0.5) is 5.82 Å². The number of benzene rings is 1. The minimum atomic E-state index is -3.84. The molecule has 2 heterocycles. The fourth-order valence-corrected chi connectivity index (χ4v) is 3.50. The Morgan fingerprint density at radius 2 is 1.96 bits per heavy atom. The fraction of sp³-hybridized carbons (Fsp3) is 0.176. The van der Waals surface area contributed by atoms with Crippen LogP contribution in [0.2, 0.25) is 0 Å². The molecular weight excluding hydrogens is 352 g/mol. The van der Waals surface area contributed by atoms with Crippen molar-refractivity contribution in [3.8, 4) is 12.1 Å². The molecule has 9 heteroatoms. The van der Waals surface area contributed by atoms with E-state index >= 15 is 0 Å². The molecule has 3 aromatic rings. The maximum atomic E-state index is 12.7. The SMILES string of the molecule is Cc1cc(NS(=O)(=O)c2ccc(CCC#N)cc2)n2ncc(C#N)c2n1. The Balaban J connectivity index is 1.95. The first-order valence-corrected chi connectivity index (χ1v) is 9.17. The molecule has 0 spiro atoms. The summed E-state index contributed by atoms with van der Waals surface area (Å²) in [4.78, 5) is 4.32. The lowest BCUT2D eigenvalue weighted by Gasteiger charge is -2.10. The number of nitriles is 2. The van der Waals surface area contributed by atoms with Gasteiger partial charge < -0.3 is 0 Å². The zero-order chi connectivity index (χ0) is 18.7. The largest absolute Gasteiger partial charge is 0.263 e. The summed E-state index contributed by atoms with van der Waals surface area (Å²) in [6.07, 6.45) is 2.28. The maximum Gasteiger partial charge on any atom is 0.263 e. The van der Waals surface area contributed by atoms with Crippen LogP contribution >= 0.6 is 0 Å².